The van der Waals surface area contributed by atoms with E-state index in [9.17, 15) is 9.59 Å². The summed E-state index contributed by atoms with van der Waals surface area (Å²) < 4.78 is 10.6. The monoisotopic (exact) mass is 490 g/mol. The molecule has 2 aromatic carbocycles. The average molecular weight is 491 g/mol. The highest BCUT2D eigenvalue weighted by Gasteiger charge is 2.13. The van der Waals surface area contributed by atoms with Gasteiger partial charge in [0.05, 0.1) is 0 Å². The molecule has 4 aromatic rings. The summed E-state index contributed by atoms with van der Waals surface area (Å²) in [6.07, 6.45) is 1.82. The third kappa shape index (κ3) is 5.64. The Kier molecular flexibility index (Phi) is 8.62. The first-order valence-electron chi connectivity index (χ1n) is 12.7. The standard InChI is InChI=1S/C17H23NO2.C13H15NO2/c1-5-12-10-17(19)20-16-11-15(18(7-3)8-4)13(6-2)9-14(12)16;1-8-6-13(15)16-12-7-11(14(3)4)9(2)5-10(8)12/h9-11H,5-8H2,1-4H3;5-7H,1-4H3. The van der Waals surface area contributed by atoms with Gasteiger partial charge in [-0.15, -0.1) is 0 Å². The third-order valence-corrected chi connectivity index (χ3v) is 6.65. The van der Waals surface area contributed by atoms with Crippen LogP contribution >= 0.6 is 0 Å². The van der Waals surface area contributed by atoms with E-state index in [2.05, 4.69) is 51.7 Å². The molecule has 0 atom stereocenters. The van der Waals surface area contributed by atoms with Crippen LogP contribution in [0.2, 0.25) is 0 Å². The smallest absolute Gasteiger partial charge is 0.336 e. The molecule has 0 radical (unpaired) electrons. The predicted octanol–water partition coefficient (Wildman–Crippen LogP) is 6.24. The Hall–Kier alpha value is -3.54. The molecule has 0 spiro atoms. The predicted molar refractivity (Wildman–Crippen MR) is 151 cm³/mol. The SMILES string of the molecule is CCc1cc2c(CC)cc(=O)oc2cc1N(CC)CC.Cc1cc2c(C)cc(=O)oc2cc1N(C)C. The van der Waals surface area contributed by atoms with Crippen LogP contribution in [0, 0.1) is 13.8 Å². The van der Waals surface area contributed by atoms with Gasteiger partial charge in [-0.3, -0.25) is 0 Å². The average Bonchev–Trinajstić information content (AvgIpc) is 2.84. The Morgan fingerprint density at radius 1 is 0.639 bits per heavy atom. The Bertz CT molecular complexity index is 1480. The molecule has 0 aliphatic rings. The van der Waals surface area contributed by atoms with Crippen LogP contribution in [0.4, 0.5) is 11.4 Å². The maximum Gasteiger partial charge on any atom is 0.336 e. The largest absolute Gasteiger partial charge is 0.423 e. The van der Waals surface area contributed by atoms with Crippen molar-refractivity contribution in [3.8, 4) is 0 Å². The minimum absolute atomic E-state index is 0.260. The van der Waals surface area contributed by atoms with Gasteiger partial charge in [0.15, 0.2) is 0 Å². The summed E-state index contributed by atoms with van der Waals surface area (Å²) in [6.45, 7) is 14.4. The highest BCUT2D eigenvalue weighted by atomic mass is 16.4. The second kappa shape index (κ2) is 11.5. The topological polar surface area (TPSA) is 66.9 Å². The quantitative estimate of drug-likeness (QED) is 0.298. The summed E-state index contributed by atoms with van der Waals surface area (Å²) >= 11 is 0. The van der Waals surface area contributed by atoms with Gasteiger partial charge >= 0.3 is 11.3 Å². The molecule has 0 aliphatic heterocycles. The number of nitrogens with zero attached hydrogens (tertiary/aromatic N) is 2. The zero-order valence-electron chi connectivity index (χ0n) is 22.8. The van der Waals surface area contributed by atoms with E-state index >= 15 is 0 Å². The second-order valence-corrected chi connectivity index (χ2v) is 9.22. The lowest BCUT2D eigenvalue weighted by atomic mass is 10.0. The van der Waals surface area contributed by atoms with Crippen LogP contribution in [0.25, 0.3) is 21.9 Å². The van der Waals surface area contributed by atoms with Crippen LogP contribution in [0.5, 0.6) is 0 Å². The second-order valence-electron chi connectivity index (χ2n) is 9.22. The van der Waals surface area contributed by atoms with Crippen molar-refractivity contribution in [3.05, 3.63) is 79.5 Å². The number of anilines is 2. The van der Waals surface area contributed by atoms with Gasteiger partial charge in [-0.2, -0.15) is 0 Å². The molecule has 0 aliphatic carbocycles. The van der Waals surface area contributed by atoms with Gasteiger partial charge in [-0.1, -0.05) is 13.8 Å². The lowest BCUT2D eigenvalue weighted by Gasteiger charge is -2.24. The number of benzene rings is 2. The molecule has 0 saturated carbocycles. The number of rotatable bonds is 6. The van der Waals surface area contributed by atoms with E-state index in [1.807, 2.05) is 38.1 Å². The minimum atomic E-state index is -0.293. The number of hydrogen-bond acceptors (Lipinski definition) is 6. The van der Waals surface area contributed by atoms with E-state index in [0.717, 1.165) is 53.5 Å². The van der Waals surface area contributed by atoms with Crippen molar-refractivity contribution in [1.29, 1.82) is 0 Å². The van der Waals surface area contributed by atoms with Crippen LogP contribution in [-0.4, -0.2) is 27.2 Å². The molecule has 6 nitrogen and oxygen atoms in total. The molecule has 192 valence electrons. The van der Waals surface area contributed by atoms with Crippen LogP contribution < -0.4 is 21.1 Å². The lowest BCUT2D eigenvalue weighted by molar-refractivity contribution is 0.558. The van der Waals surface area contributed by atoms with Crippen molar-refractivity contribution < 1.29 is 8.83 Å². The Balaban J connectivity index is 0.000000205. The molecule has 0 unspecified atom stereocenters. The summed E-state index contributed by atoms with van der Waals surface area (Å²) in [4.78, 5) is 27.3. The van der Waals surface area contributed by atoms with E-state index in [0.29, 0.717) is 11.2 Å². The molecule has 0 N–H and O–H groups in total. The molecule has 2 heterocycles. The van der Waals surface area contributed by atoms with E-state index in [-0.39, 0.29) is 11.3 Å². The van der Waals surface area contributed by atoms with E-state index in [4.69, 9.17) is 8.83 Å². The Labute approximate surface area is 213 Å². The normalized spacial score (nSPS) is 10.9. The maximum atomic E-state index is 11.7. The van der Waals surface area contributed by atoms with Crippen molar-refractivity contribution >= 4 is 33.3 Å². The van der Waals surface area contributed by atoms with Gasteiger partial charge in [0.1, 0.15) is 11.2 Å². The zero-order valence-corrected chi connectivity index (χ0v) is 22.8. The van der Waals surface area contributed by atoms with Crippen molar-refractivity contribution in [1.82, 2.24) is 0 Å². The van der Waals surface area contributed by atoms with Gasteiger partial charge in [0.25, 0.3) is 0 Å². The van der Waals surface area contributed by atoms with Crippen molar-refractivity contribution in [3.63, 3.8) is 0 Å². The first kappa shape index (κ1) is 27.1. The van der Waals surface area contributed by atoms with Gasteiger partial charge in [0.2, 0.25) is 0 Å². The number of fused-ring (bicyclic) bond motifs is 2. The molecule has 0 fully saturated rings. The fourth-order valence-electron chi connectivity index (χ4n) is 4.69. The van der Waals surface area contributed by atoms with Crippen molar-refractivity contribution in [2.45, 2.75) is 54.4 Å². The molecular weight excluding hydrogens is 452 g/mol. The highest BCUT2D eigenvalue weighted by molar-refractivity contribution is 5.86. The zero-order chi connectivity index (χ0) is 26.6. The minimum Gasteiger partial charge on any atom is -0.423 e. The van der Waals surface area contributed by atoms with E-state index in [1.54, 1.807) is 6.07 Å². The van der Waals surface area contributed by atoms with Gasteiger partial charge < -0.3 is 18.6 Å². The summed E-state index contributed by atoms with van der Waals surface area (Å²) in [7, 11) is 3.95. The number of aryl methyl sites for hydroxylation is 4. The molecule has 0 saturated heterocycles. The van der Waals surface area contributed by atoms with Crippen LogP contribution in [0.3, 0.4) is 0 Å². The molecule has 0 bridgehead atoms. The van der Waals surface area contributed by atoms with E-state index in [1.165, 1.54) is 22.9 Å². The molecule has 4 rings (SSSR count). The molecule has 36 heavy (non-hydrogen) atoms. The van der Waals surface area contributed by atoms with Crippen LogP contribution in [-0.2, 0) is 12.8 Å². The van der Waals surface area contributed by atoms with Gasteiger partial charge in [-0.05, 0) is 74.9 Å². The molecule has 6 heteroatoms. The van der Waals surface area contributed by atoms with E-state index < -0.39 is 0 Å². The summed E-state index contributed by atoms with van der Waals surface area (Å²) in [5.41, 5.74) is 7.56. The Morgan fingerprint density at radius 3 is 1.75 bits per heavy atom. The fraction of sp³-hybridized carbons (Fsp3) is 0.400. The van der Waals surface area contributed by atoms with Crippen molar-refractivity contribution in [2.24, 2.45) is 0 Å². The maximum absolute atomic E-state index is 11.7. The first-order chi connectivity index (χ1) is 17.1. The summed E-state index contributed by atoms with van der Waals surface area (Å²) in [6, 6.07) is 11.3. The summed E-state index contributed by atoms with van der Waals surface area (Å²) in [5.74, 6) is 0. The molecule has 2 aromatic heterocycles. The number of hydrogen-bond donors (Lipinski definition) is 0. The van der Waals surface area contributed by atoms with Gasteiger partial charge in [-0.25, -0.2) is 9.59 Å². The van der Waals surface area contributed by atoms with Crippen molar-refractivity contribution in [2.75, 3.05) is 37.0 Å². The van der Waals surface area contributed by atoms with Crippen LogP contribution in [0.15, 0.2) is 54.8 Å². The summed E-state index contributed by atoms with van der Waals surface area (Å²) in [5, 5.41) is 2.07. The van der Waals surface area contributed by atoms with Gasteiger partial charge in [0, 0.05) is 73.6 Å². The first-order valence-corrected chi connectivity index (χ1v) is 12.7. The fourth-order valence-corrected chi connectivity index (χ4v) is 4.69. The highest BCUT2D eigenvalue weighted by Crippen LogP contribution is 2.29. The molecule has 0 amide bonds. The third-order valence-electron chi connectivity index (χ3n) is 6.65. The Morgan fingerprint density at radius 2 is 1.19 bits per heavy atom. The van der Waals surface area contributed by atoms with Crippen LogP contribution in [0.1, 0.15) is 49.9 Å². The lowest BCUT2D eigenvalue weighted by Crippen LogP contribution is -2.23. The molecular formula is C30H38N2O4.